The molecule has 0 bridgehead atoms. The van der Waals surface area contributed by atoms with Gasteiger partial charge >= 0.3 is 5.97 Å². The summed E-state index contributed by atoms with van der Waals surface area (Å²) in [6, 6.07) is 7.48. The molecule has 0 saturated heterocycles. The van der Waals surface area contributed by atoms with Crippen molar-refractivity contribution in [2.75, 3.05) is 5.43 Å². The third-order valence-corrected chi connectivity index (χ3v) is 5.86. The number of aliphatic carboxylic acids is 1. The number of para-hydroxylation sites is 1. The number of nitrogens with zero attached hydrogens (tertiary/aromatic N) is 2. The Bertz CT molecular complexity index is 831. The normalized spacial score (nSPS) is 24.8. The van der Waals surface area contributed by atoms with Crippen LogP contribution in [0.2, 0.25) is 0 Å². The SMILES string of the molecule is CC1(C)[C@@H](C(=O)NNc2ncnc3ccccc23)CC[C@]1(C)C(=O)O. The summed E-state index contributed by atoms with van der Waals surface area (Å²) in [6.45, 7) is 5.41. The lowest BCUT2D eigenvalue weighted by Crippen LogP contribution is -2.46. The van der Waals surface area contributed by atoms with Crippen LogP contribution in [0.3, 0.4) is 0 Å². The smallest absolute Gasteiger partial charge is 0.309 e. The van der Waals surface area contributed by atoms with Crippen LogP contribution in [0.15, 0.2) is 30.6 Å². The highest BCUT2D eigenvalue weighted by Crippen LogP contribution is 2.56. The Morgan fingerprint density at radius 2 is 1.92 bits per heavy atom. The first-order chi connectivity index (χ1) is 11.8. The zero-order chi connectivity index (χ0) is 18.2. The number of hydrogen-bond donors (Lipinski definition) is 3. The first-order valence-corrected chi connectivity index (χ1v) is 8.26. The molecule has 2 atom stereocenters. The van der Waals surface area contributed by atoms with E-state index in [0.29, 0.717) is 18.7 Å². The minimum Gasteiger partial charge on any atom is -0.481 e. The number of amides is 1. The van der Waals surface area contributed by atoms with E-state index >= 15 is 0 Å². The zero-order valence-corrected chi connectivity index (χ0v) is 14.5. The minimum absolute atomic E-state index is 0.224. The largest absolute Gasteiger partial charge is 0.481 e. The number of aromatic nitrogens is 2. The van der Waals surface area contributed by atoms with E-state index in [1.165, 1.54) is 6.33 Å². The number of rotatable bonds is 4. The molecule has 1 aliphatic rings. The average molecular weight is 342 g/mol. The van der Waals surface area contributed by atoms with Gasteiger partial charge in [-0.3, -0.25) is 20.4 Å². The molecule has 3 N–H and O–H groups in total. The predicted molar refractivity (Wildman–Crippen MR) is 93.6 cm³/mol. The topological polar surface area (TPSA) is 104 Å². The van der Waals surface area contributed by atoms with Gasteiger partial charge in [-0.1, -0.05) is 26.0 Å². The maximum Gasteiger partial charge on any atom is 0.309 e. The number of hydrogen-bond acceptors (Lipinski definition) is 5. The summed E-state index contributed by atoms with van der Waals surface area (Å²) in [5.74, 6) is -0.967. The van der Waals surface area contributed by atoms with Gasteiger partial charge in [0.1, 0.15) is 6.33 Å². The monoisotopic (exact) mass is 342 g/mol. The summed E-state index contributed by atoms with van der Waals surface area (Å²) in [6.07, 6.45) is 2.44. The van der Waals surface area contributed by atoms with Gasteiger partial charge in [-0.2, -0.15) is 0 Å². The molecule has 1 aliphatic carbocycles. The van der Waals surface area contributed by atoms with Crippen LogP contribution in [-0.2, 0) is 9.59 Å². The Morgan fingerprint density at radius 1 is 1.20 bits per heavy atom. The van der Waals surface area contributed by atoms with E-state index in [-0.39, 0.29) is 5.91 Å². The second-order valence-electron chi connectivity index (χ2n) is 7.30. The molecule has 0 aliphatic heterocycles. The molecule has 1 amide bonds. The molecular formula is C18H22N4O3. The highest BCUT2D eigenvalue weighted by molar-refractivity contribution is 5.90. The molecule has 1 aromatic heterocycles. The molecule has 7 nitrogen and oxygen atoms in total. The number of hydrazine groups is 1. The van der Waals surface area contributed by atoms with Crippen molar-refractivity contribution in [2.45, 2.75) is 33.6 Å². The Morgan fingerprint density at radius 3 is 2.60 bits per heavy atom. The molecule has 132 valence electrons. The second kappa shape index (κ2) is 5.98. The van der Waals surface area contributed by atoms with Crippen LogP contribution >= 0.6 is 0 Å². The third-order valence-electron chi connectivity index (χ3n) is 5.86. The minimum atomic E-state index is -0.920. The number of benzene rings is 1. The highest BCUT2D eigenvalue weighted by atomic mass is 16.4. The lowest BCUT2D eigenvalue weighted by Gasteiger charge is -2.37. The van der Waals surface area contributed by atoms with Gasteiger partial charge in [-0.25, -0.2) is 9.97 Å². The van der Waals surface area contributed by atoms with Crippen molar-refractivity contribution in [3.8, 4) is 0 Å². The van der Waals surface area contributed by atoms with E-state index in [9.17, 15) is 14.7 Å². The van der Waals surface area contributed by atoms with Crippen molar-refractivity contribution < 1.29 is 14.7 Å². The number of anilines is 1. The fourth-order valence-corrected chi connectivity index (χ4v) is 3.65. The molecular weight excluding hydrogens is 320 g/mol. The van der Waals surface area contributed by atoms with E-state index in [4.69, 9.17) is 0 Å². The van der Waals surface area contributed by atoms with Crippen LogP contribution in [0.4, 0.5) is 5.82 Å². The molecule has 0 radical (unpaired) electrons. The fourth-order valence-electron chi connectivity index (χ4n) is 3.65. The van der Waals surface area contributed by atoms with Crippen molar-refractivity contribution in [3.63, 3.8) is 0 Å². The molecule has 1 fully saturated rings. The van der Waals surface area contributed by atoms with E-state index in [1.54, 1.807) is 6.92 Å². The van der Waals surface area contributed by atoms with Crippen LogP contribution in [-0.4, -0.2) is 27.0 Å². The van der Waals surface area contributed by atoms with Crippen molar-refractivity contribution in [3.05, 3.63) is 30.6 Å². The molecule has 7 heteroatoms. The van der Waals surface area contributed by atoms with Crippen LogP contribution in [0, 0.1) is 16.7 Å². The maximum atomic E-state index is 12.7. The van der Waals surface area contributed by atoms with Gasteiger partial charge in [-0.15, -0.1) is 0 Å². The maximum absolute atomic E-state index is 12.7. The lowest BCUT2D eigenvalue weighted by atomic mass is 9.65. The number of carboxylic acid groups (broad SMARTS) is 1. The van der Waals surface area contributed by atoms with Gasteiger partial charge in [-0.05, 0) is 37.3 Å². The molecule has 1 heterocycles. The van der Waals surface area contributed by atoms with E-state index < -0.39 is 22.7 Å². The fraction of sp³-hybridized carbons (Fsp3) is 0.444. The first-order valence-electron chi connectivity index (χ1n) is 8.26. The predicted octanol–water partition coefficient (Wildman–Crippen LogP) is 2.60. The third kappa shape index (κ3) is 2.69. The molecule has 0 spiro atoms. The van der Waals surface area contributed by atoms with Crippen molar-refractivity contribution >= 4 is 28.6 Å². The van der Waals surface area contributed by atoms with Gasteiger partial charge < -0.3 is 5.11 Å². The van der Waals surface area contributed by atoms with Crippen molar-refractivity contribution in [1.29, 1.82) is 0 Å². The molecule has 25 heavy (non-hydrogen) atoms. The van der Waals surface area contributed by atoms with E-state index in [2.05, 4.69) is 20.8 Å². The van der Waals surface area contributed by atoms with Crippen molar-refractivity contribution in [2.24, 2.45) is 16.7 Å². The van der Waals surface area contributed by atoms with Gasteiger partial charge in [0.05, 0.1) is 10.9 Å². The molecule has 3 rings (SSSR count). The van der Waals surface area contributed by atoms with Crippen LogP contribution in [0.25, 0.3) is 10.9 Å². The average Bonchev–Trinajstić information content (AvgIpc) is 2.83. The summed E-state index contributed by atoms with van der Waals surface area (Å²) in [7, 11) is 0. The first kappa shape index (κ1) is 17.1. The highest BCUT2D eigenvalue weighted by Gasteiger charge is 2.58. The quantitative estimate of drug-likeness (QED) is 0.738. The summed E-state index contributed by atoms with van der Waals surface area (Å²) >= 11 is 0. The summed E-state index contributed by atoms with van der Waals surface area (Å²) in [5.41, 5.74) is 4.75. The van der Waals surface area contributed by atoms with E-state index in [0.717, 1.165) is 10.9 Å². The lowest BCUT2D eigenvalue weighted by molar-refractivity contribution is -0.155. The molecule has 1 saturated carbocycles. The Kier molecular flexibility index (Phi) is 4.10. The van der Waals surface area contributed by atoms with Gasteiger partial charge in [0.15, 0.2) is 5.82 Å². The van der Waals surface area contributed by atoms with E-state index in [1.807, 2.05) is 38.1 Å². The molecule has 2 aromatic rings. The van der Waals surface area contributed by atoms with Crippen LogP contribution in [0.5, 0.6) is 0 Å². The number of carboxylic acids is 1. The van der Waals surface area contributed by atoms with Crippen LogP contribution in [0.1, 0.15) is 33.6 Å². The zero-order valence-electron chi connectivity index (χ0n) is 14.5. The number of carbonyl (C=O) groups excluding carboxylic acids is 1. The summed E-state index contributed by atoms with van der Waals surface area (Å²) in [4.78, 5) is 32.7. The van der Waals surface area contributed by atoms with Gasteiger partial charge in [0, 0.05) is 11.3 Å². The second-order valence-corrected chi connectivity index (χ2v) is 7.30. The number of carbonyl (C=O) groups is 2. The van der Waals surface area contributed by atoms with Gasteiger partial charge in [0.25, 0.3) is 0 Å². The number of fused-ring (bicyclic) bond motifs is 1. The molecule has 1 aromatic carbocycles. The standard InChI is InChI=1S/C18H22N4O3/c1-17(2)12(8-9-18(17,3)16(24)25)15(23)22-21-14-11-6-4-5-7-13(11)19-10-20-14/h4-7,10,12H,8-9H2,1-3H3,(H,22,23)(H,24,25)(H,19,20,21)/t12-,18-/m1/s1. The van der Waals surface area contributed by atoms with Gasteiger partial charge in [0.2, 0.25) is 5.91 Å². The van der Waals surface area contributed by atoms with Crippen molar-refractivity contribution in [1.82, 2.24) is 15.4 Å². The summed E-state index contributed by atoms with van der Waals surface area (Å²) < 4.78 is 0. The Balaban J connectivity index is 1.76. The molecule has 0 unspecified atom stereocenters. The number of nitrogens with one attached hydrogen (secondary N) is 2. The van der Waals surface area contributed by atoms with Crippen LogP contribution < -0.4 is 10.9 Å². The Hall–Kier alpha value is -2.70. The summed E-state index contributed by atoms with van der Waals surface area (Å²) in [5, 5.41) is 10.4. The Labute approximate surface area is 145 Å².